The highest BCUT2D eigenvalue weighted by Crippen LogP contribution is 2.65. The molecule has 0 spiro atoms. The van der Waals surface area contributed by atoms with E-state index in [1.165, 1.54) is 0 Å². The van der Waals surface area contributed by atoms with Crippen LogP contribution in [0.25, 0.3) is 0 Å². The molecule has 2 atom stereocenters. The number of carbonyl (C=O) groups excluding carboxylic acids is 1. The maximum Gasteiger partial charge on any atom is 0.166 e. The van der Waals surface area contributed by atoms with Crippen molar-refractivity contribution in [3.05, 3.63) is 11.6 Å². The summed E-state index contributed by atoms with van der Waals surface area (Å²) >= 11 is 0. The number of rotatable bonds is 2. The predicted molar refractivity (Wildman–Crippen MR) is 62.9 cm³/mol. The van der Waals surface area contributed by atoms with Crippen LogP contribution in [0.15, 0.2) is 11.6 Å². The molecule has 0 aromatic rings. The second kappa shape index (κ2) is 3.42. The van der Waals surface area contributed by atoms with Crippen LogP contribution in [0.3, 0.4) is 0 Å². The molecule has 0 radical (unpaired) electrons. The molecule has 16 heavy (non-hydrogen) atoms. The molecule has 0 aromatic carbocycles. The van der Waals surface area contributed by atoms with Crippen molar-refractivity contribution in [2.24, 2.45) is 16.7 Å². The van der Waals surface area contributed by atoms with Crippen molar-refractivity contribution in [3.8, 4) is 0 Å². The molecule has 0 amide bonds. The SMILES string of the molecule is C/C=C1/C(=O)C2(C[SH](=O)=O)CCC1C2(C)C. The lowest BCUT2D eigenvalue weighted by atomic mass is 9.70. The van der Waals surface area contributed by atoms with Crippen LogP contribution in [0, 0.1) is 16.7 Å². The van der Waals surface area contributed by atoms with Crippen molar-refractivity contribution in [2.75, 3.05) is 5.75 Å². The van der Waals surface area contributed by atoms with E-state index in [2.05, 4.69) is 0 Å². The van der Waals surface area contributed by atoms with Crippen LogP contribution in [0.4, 0.5) is 0 Å². The summed E-state index contributed by atoms with van der Waals surface area (Å²) < 4.78 is 22.1. The van der Waals surface area contributed by atoms with E-state index in [9.17, 15) is 13.2 Å². The molecule has 2 bridgehead atoms. The van der Waals surface area contributed by atoms with Gasteiger partial charge >= 0.3 is 0 Å². The standard InChI is InChI=1S/C12H18O3S/c1-4-8-9-5-6-12(10(8)13,7-16(14)15)11(9,2)3/h4,9,16H,5-7H2,1-3H3/b8-4+. The highest BCUT2D eigenvalue weighted by molar-refractivity contribution is 7.72. The van der Waals surface area contributed by atoms with Gasteiger partial charge in [-0.3, -0.25) is 4.79 Å². The Balaban J connectivity index is 2.55. The maximum atomic E-state index is 12.3. The van der Waals surface area contributed by atoms with Gasteiger partial charge in [-0.1, -0.05) is 19.9 Å². The largest absolute Gasteiger partial charge is 0.294 e. The van der Waals surface area contributed by atoms with Crippen molar-refractivity contribution in [1.82, 2.24) is 0 Å². The van der Waals surface area contributed by atoms with E-state index in [4.69, 9.17) is 0 Å². The lowest BCUT2D eigenvalue weighted by molar-refractivity contribution is -0.125. The average molecular weight is 242 g/mol. The molecule has 2 fully saturated rings. The number of ketones is 1. The number of hydrogen-bond donors (Lipinski definition) is 1. The van der Waals surface area contributed by atoms with E-state index >= 15 is 0 Å². The van der Waals surface area contributed by atoms with Crippen molar-refractivity contribution in [3.63, 3.8) is 0 Å². The monoisotopic (exact) mass is 242 g/mol. The summed E-state index contributed by atoms with van der Waals surface area (Å²) in [4.78, 5) is 12.3. The van der Waals surface area contributed by atoms with Crippen LogP contribution in [0.2, 0.25) is 0 Å². The third kappa shape index (κ3) is 1.19. The topological polar surface area (TPSA) is 51.2 Å². The van der Waals surface area contributed by atoms with Gasteiger partial charge in [0.1, 0.15) is 10.7 Å². The van der Waals surface area contributed by atoms with Gasteiger partial charge in [-0.25, -0.2) is 8.42 Å². The fourth-order valence-electron chi connectivity index (χ4n) is 3.70. The van der Waals surface area contributed by atoms with Gasteiger partial charge in [0, 0.05) is 0 Å². The normalized spacial score (nSPS) is 38.9. The fourth-order valence-corrected chi connectivity index (χ4v) is 4.85. The van der Waals surface area contributed by atoms with Crippen LogP contribution in [-0.4, -0.2) is 20.0 Å². The number of allylic oxidation sites excluding steroid dienone is 2. The van der Waals surface area contributed by atoms with Crippen molar-refractivity contribution < 1.29 is 13.2 Å². The fraction of sp³-hybridized carbons (Fsp3) is 0.750. The number of carbonyl (C=O) groups is 1. The van der Waals surface area contributed by atoms with Crippen LogP contribution in [0.1, 0.15) is 33.6 Å². The Hall–Kier alpha value is -0.640. The van der Waals surface area contributed by atoms with E-state index in [1.54, 1.807) is 0 Å². The Bertz CT molecular complexity index is 437. The van der Waals surface area contributed by atoms with Crippen LogP contribution in [-0.2, 0) is 15.5 Å². The first kappa shape index (κ1) is 11.8. The van der Waals surface area contributed by atoms with Gasteiger partial charge in [0.15, 0.2) is 5.78 Å². The lowest BCUT2D eigenvalue weighted by Crippen LogP contribution is -2.40. The number of fused-ring (bicyclic) bond motifs is 2. The van der Waals surface area contributed by atoms with Gasteiger partial charge in [0.05, 0.1) is 11.2 Å². The van der Waals surface area contributed by atoms with Crippen LogP contribution < -0.4 is 0 Å². The van der Waals surface area contributed by atoms with E-state index < -0.39 is 16.1 Å². The van der Waals surface area contributed by atoms with E-state index in [-0.39, 0.29) is 22.9 Å². The Morgan fingerprint density at radius 1 is 1.44 bits per heavy atom. The summed E-state index contributed by atoms with van der Waals surface area (Å²) in [5, 5.41) is 0. The smallest absolute Gasteiger partial charge is 0.166 e. The zero-order valence-corrected chi connectivity index (χ0v) is 10.8. The first-order chi connectivity index (χ1) is 7.37. The first-order valence-electron chi connectivity index (χ1n) is 5.69. The number of Topliss-reactive ketones (excluding diaryl/α,β-unsaturated/α-hetero) is 1. The molecule has 0 N–H and O–H groups in total. The molecule has 2 saturated carbocycles. The second-order valence-electron chi connectivity index (χ2n) is 5.46. The predicted octanol–water partition coefficient (Wildman–Crippen LogP) is 1.55. The van der Waals surface area contributed by atoms with Gasteiger partial charge in [-0.2, -0.15) is 0 Å². The van der Waals surface area contributed by atoms with E-state index in [0.717, 1.165) is 18.4 Å². The molecule has 4 heteroatoms. The number of thiol groups is 1. The van der Waals surface area contributed by atoms with Gasteiger partial charge in [0.2, 0.25) is 0 Å². The Morgan fingerprint density at radius 2 is 2.06 bits per heavy atom. The molecule has 2 unspecified atom stereocenters. The minimum absolute atomic E-state index is 0.0159. The minimum atomic E-state index is -2.50. The molecule has 0 heterocycles. The molecule has 90 valence electrons. The van der Waals surface area contributed by atoms with Crippen LogP contribution in [0.5, 0.6) is 0 Å². The molecular formula is C12H18O3S. The lowest BCUT2D eigenvalue weighted by Gasteiger charge is -2.34. The molecule has 2 aliphatic rings. The quantitative estimate of drug-likeness (QED) is 0.590. The highest BCUT2D eigenvalue weighted by Gasteiger charge is 2.66. The molecule has 2 rings (SSSR count). The molecule has 0 aromatic heterocycles. The van der Waals surface area contributed by atoms with E-state index in [0.29, 0.717) is 0 Å². The molecule has 2 aliphatic carbocycles. The van der Waals surface area contributed by atoms with Gasteiger partial charge in [-0.15, -0.1) is 0 Å². The third-order valence-electron chi connectivity index (χ3n) is 4.75. The summed E-state index contributed by atoms with van der Waals surface area (Å²) in [6.45, 7) is 5.95. The highest BCUT2D eigenvalue weighted by atomic mass is 32.2. The van der Waals surface area contributed by atoms with Crippen molar-refractivity contribution in [1.29, 1.82) is 0 Å². The first-order valence-corrected chi connectivity index (χ1v) is 7.06. The van der Waals surface area contributed by atoms with Gasteiger partial charge in [-0.05, 0) is 36.7 Å². The third-order valence-corrected chi connectivity index (χ3v) is 5.54. The summed E-state index contributed by atoms with van der Waals surface area (Å²) in [6, 6.07) is 0. The molecule has 0 saturated heterocycles. The summed E-state index contributed by atoms with van der Waals surface area (Å²) in [5.41, 5.74) is 0.00358. The summed E-state index contributed by atoms with van der Waals surface area (Å²) in [5.74, 6) is 0.345. The zero-order chi connectivity index (χ0) is 12.1. The molecule has 3 nitrogen and oxygen atoms in total. The summed E-state index contributed by atoms with van der Waals surface area (Å²) in [6.07, 6.45) is 3.54. The van der Waals surface area contributed by atoms with Gasteiger partial charge in [0.25, 0.3) is 0 Å². The zero-order valence-electron chi connectivity index (χ0n) is 9.95. The Kier molecular flexibility index (Phi) is 2.53. The van der Waals surface area contributed by atoms with Gasteiger partial charge < -0.3 is 0 Å². The van der Waals surface area contributed by atoms with Crippen molar-refractivity contribution in [2.45, 2.75) is 33.6 Å². The van der Waals surface area contributed by atoms with E-state index in [1.807, 2.05) is 26.8 Å². The second-order valence-corrected chi connectivity index (χ2v) is 6.44. The van der Waals surface area contributed by atoms with Crippen molar-refractivity contribution >= 4 is 16.5 Å². The number of hydrogen-bond acceptors (Lipinski definition) is 3. The maximum absolute atomic E-state index is 12.3. The molecular weight excluding hydrogens is 224 g/mol. The molecule has 0 aliphatic heterocycles. The average Bonchev–Trinajstić information content (AvgIpc) is 2.49. The minimum Gasteiger partial charge on any atom is -0.294 e. The van der Waals surface area contributed by atoms with Crippen LogP contribution >= 0.6 is 0 Å². The summed E-state index contributed by atoms with van der Waals surface area (Å²) in [7, 11) is -2.50. The Morgan fingerprint density at radius 3 is 2.50 bits per heavy atom. The Labute approximate surface area is 97.9 Å².